The van der Waals surface area contributed by atoms with Crippen LogP contribution in [0, 0.1) is 0 Å². The molecule has 5 heteroatoms. The number of rotatable bonds is 4. The summed E-state index contributed by atoms with van der Waals surface area (Å²) in [7, 11) is 1.74. The second-order valence-electron chi connectivity index (χ2n) is 4.33. The molecular weight excluding hydrogens is 256 g/mol. The lowest BCUT2D eigenvalue weighted by atomic mass is 10.2. The zero-order valence-electron chi connectivity index (χ0n) is 11.4. The first-order valence-electron chi connectivity index (χ1n) is 6.32. The second kappa shape index (κ2) is 6.06. The minimum atomic E-state index is -0.320. The highest BCUT2D eigenvalue weighted by atomic mass is 16.3. The van der Waals surface area contributed by atoms with Gasteiger partial charge in [-0.3, -0.25) is 9.59 Å². The Hall–Kier alpha value is -2.56. The van der Waals surface area contributed by atoms with E-state index in [2.05, 4.69) is 5.32 Å². The highest BCUT2D eigenvalue weighted by molar-refractivity contribution is 6.02. The van der Waals surface area contributed by atoms with Crippen molar-refractivity contribution >= 4 is 17.5 Å². The van der Waals surface area contributed by atoms with E-state index >= 15 is 0 Å². The van der Waals surface area contributed by atoms with Crippen molar-refractivity contribution in [1.29, 1.82) is 0 Å². The van der Waals surface area contributed by atoms with E-state index in [1.54, 1.807) is 48.3 Å². The average molecular weight is 272 g/mol. The van der Waals surface area contributed by atoms with Gasteiger partial charge in [0.2, 0.25) is 0 Å². The van der Waals surface area contributed by atoms with Crippen LogP contribution in [0.5, 0.6) is 0 Å². The highest BCUT2D eigenvalue weighted by Gasteiger charge is 2.11. The fourth-order valence-corrected chi connectivity index (χ4v) is 1.66. The average Bonchev–Trinajstić information content (AvgIpc) is 3.01. The fourth-order valence-electron chi connectivity index (χ4n) is 1.66. The van der Waals surface area contributed by atoms with Crippen LogP contribution in [0.15, 0.2) is 47.1 Å². The number of hydrogen-bond donors (Lipinski definition) is 1. The molecule has 0 spiro atoms. The van der Waals surface area contributed by atoms with Crippen molar-refractivity contribution in [3.8, 4) is 0 Å². The first-order chi connectivity index (χ1) is 9.61. The first-order valence-corrected chi connectivity index (χ1v) is 6.32. The number of furan rings is 1. The first kappa shape index (κ1) is 13.9. The molecule has 0 atom stereocenters. The van der Waals surface area contributed by atoms with Gasteiger partial charge in [-0.2, -0.15) is 0 Å². The molecule has 0 unspecified atom stereocenters. The molecule has 0 fully saturated rings. The lowest BCUT2D eigenvalue weighted by Gasteiger charge is -2.14. The molecular formula is C15H16N2O3. The van der Waals surface area contributed by atoms with Crippen molar-refractivity contribution in [2.45, 2.75) is 6.92 Å². The SMILES string of the molecule is CCN(C)C(=O)c1ccc(NC(=O)c2ccco2)cc1. The van der Waals surface area contributed by atoms with Crippen LogP contribution in [-0.2, 0) is 0 Å². The topological polar surface area (TPSA) is 62.6 Å². The van der Waals surface area contributed by atoms with Crippen molar-refractivity contribution in [2.75, 3.05) is 18.9 Å². The van der Waals surface area contributed by atoms with E-state index in [4.69, 9.17) is 4.42 Å². The summed E-state index contributed by atoms with van der Waals surface area (Å²) < 4.78 is 5.00. The molecule has 0 radical (unpaired) electrons. The summed E-state index contributed by atoms with van der Waals surface area (Å²) in [6.07, 6.45) is 1.44. The number of carbonyl (C=O) groups is 2. The van der Waals surface area contributed by atoms with Crippen LogP contribution >= 0.6 is 0 Å². The third-order valence-electron chi connectivity index (χ3n) is 2.96. The van der Waals surface area contributed by atoms with Crippen molar-refractivity contribution in [1.82, 2.24) is 4.90 Å². The number of hydrogen-bond acceptors (Lipinski definition) is 3. The Bertz CT molecular complexity index is 588. The Balaban J connectivity index is 2.05. The van der Waals surface area contributed by atoms with Gasteiger partial charge >= 0.3 is 0 Å². The van der Waals surface area contributed by atoms with Crippen molar-refractivity contribution < 1.29 is 14.0 Å². The molecule has 0 aliphatic heterocycles. The van der Waals surface area contributed by atoms with Crippen LogP contribution in [0.3, 0.4) is 0 Å². The van der Waals surface area contributed by atoms with E-state index in [-0.39, 0.29) is 17.6 Å². The number of nitrogens with zero attached hydrogens (tertiary/aromatic N) is 1. The molecule has 1 aromatic heterocycles. The van der Waals surface area contributed by atoms with Crippen molar-refractivity contribution in [3.63, 3.8) is 0 Å². The van der Waals surface area contributed by atoms with Gasteiger partial charge in [-0.05, 0) is 43.3 Å². The van der Waals surface area contributed by atoms with Gasteiger partial charge < -0.3 is 14.6 Å². The third-order valence-corrected chi connectivity index (χ3v) is 2.96. The summed E-state index contributed by atoms with van der Waals surface area (Å²) in [6, 6.07) is 9.99. The van der Waals surface area contributed by atoms with Crippen LogP contribution in [0.2, 0.25) is 0 Å². The van der Waals surface area contributed by atoms with Crippen molar-refractivity contribution in [2.24, 2.45) is 0 Å². The maximum atomic E-state index is 11.9. The lowest BCUT2D eigenvalue weighted by molar-refractivity contribution is 0.0802. The Morgan fingerprint density at radius 1 is 1.20 bits per heavy atom. The van der Waals surface area contributed by atoms with Crippen LogP contribution < -0.4 is 5.32 Å². The molecule has 1 N–H and O–H groups in total. The summed E-state index contributed by atoms with van der Waals surface area (Å²) in [5.41, 5.74) is 1.20. The smallest absolute Gasteiger partial charge is 0.291 e. The van der Waals surface area contributed by atoms with Crippen molar-refractivity contribution in [3.05, 3.63) is 54.0 Å². The molecule has 104 valence electrons. The van der Waals surface area contributed by atoms with Gasteiger partial charge in [0.1, 0.15) is 0 Å². The Morgan fingerprint density at radius 2 is 1.90 bits per heavy atom. The van der Waals surface area contributed by atoms with Gasteiger partial charge in [-0.1, -0.05) is 0 Å². The number of anilines is 1. The molecule has 2 aromatic rings. The van der Waals surface area contributed by atoms with E-state index in [1.807, 2.05) is 6.92 Å². The molecule has 0 bridgehead atoms. The van der Waals surface area contributed by atoms with E-state index < -0.39 is 0 Å². The summed E-state index contributed by atoms with van der Waals surface area (Å²) in [4.78, 5) is 25.3. The summed E-state index contributed by atoms with van der Waals surface area (Å²) in [6.45, 7) is 2.56. The van der Waals surface area contributed by atoms with Crippen LogP contribution in [-0.4, -0.2) is 30.3 Å². The van der Waals surface area contributed by atoms with Gasteiger partial charge in [0.05, 0.1) is 6.26 Å². The van der Waals surface area contributed by atoms with Crippen LogP contribution in [0.25, 0.3) is 0 Å². The zero-order chi connectivity index (χ0) is 14.5. The standard InChI is InChI=1S/C15H16N2O3/c1-3-17(2)15(19)11-6-8-12(9-7-11)16-14(18)13-5-4-10-20-13/h4-10H,3H2,1-2H3,(H,16,18). The normalized spacial score (nSPS) is 10.1. The molecule has 0 saturated carbocycles. The molecule has 0 aliphatic rings. The maximum Gasteiger partial charge on any atom is 0.291 e. The second-order valence-corrected chi connectivity index (χ2v) is 4.33. The minimum Gasteiger partial charge on any atom is -0.459 e. The predicted octanol–water partition coefficient (Wildman–Crippen LogP) is 2.62. The van der Waals surface area contributed by atoms with E-state index in [0.29, 0.717) is 17.8 Å². The minimum absolute atomic E-state index is 0.0450. The molecule has 2 amide bonds. The highest BCUT2D eigenvalue weighted by Crippen LogP contribution is 2.13. The summed E-state index contributed by atoms with van der Waals surface area (Å²) in [5, 5.41) is 2.70. The summed E-state index contributed by atoms with van der Waals surface area (Å²) in [5.74, 6) is -0.118. The molecule has 2 rings (SSSR count). The zero-order valence-corrected chi connectivity index (χ0v) is 11.4. The Labute approximate surface area is 117 Å². The van der Waals surface area contributed by atoms with Gasteiger partial charge in [0.15, 0.2) is 5.76 Å². The predicted molar refractivity (Wildman–Crippen MR) is 75.7 cm³/mol. The van der Waals surface area contributed by atoms with Gasteiger partial charge in [0, 0.05) is 24.8 Å². The lowest BCUT2D eigenvalue weighted by Crippen LogP contribution is -2.26. The monoisotopic (exact) mass is 272 g/mol. The van der Waals surface area contributed by atoms with Crippen LogP contribution in [0.1, 0.15) is 27.8 Å². The van der Waals surface area contributed by atoms with E-state index in [9.17, 15) is 9.59 Å². The molecule has 0 aliphatic carbocycles. The molecule has 1 heterocycles. The molecule has 5 nitrogen and oxygen atoms in total. The Morgan fingerprint density at radius 3 is 2.45 bits per heavy atom. The third kappa shape index (κ3) is 3.06. The quantitative estimate of drug-likeness (QED) is 0.930. The number of benzene rings is 1. The van der Waals surface area contributed by atoms with E-state index in [0.717, 1.165) is 0 Å². The van der Waals surface area contributed by atoms with E-state index in [1.165, 1.54) is 6.26 Å². The van der Waals surface area contributed by atoms with Gasteiger partial charge in [-0.25, -0.2) is 0 Å². The largest absolute Gasteiger partial charge is 0.459 e. The van der Waals surface area contributed by atoms with Gasteiger partial charge in [-0.15, -0.1) is 0 Å². The maximum absolute atomic E-state index is 11.9. The van der Waals surface area contributed by atoms with Gasteiger partial charge in [0.25, 0.3) is 11.8 Å². The molecule has 0 saturated heterocycles. The fraction of sp³-hybridized carbons (Fsp3) is 0.200. The number of amides is 2. The molecule has 20 heavy (non-hydrogen) atoms. The van der Waals surface area contributed by atoms with Crippen LogP contribution in [0.4, 0.5) is 5.69 Å². The number of nitrogens with one attached hydrogen (secondary N) is 1. The Kier molecular flexibility index (Phi) is 4.20. The molecule has 1 aromatic carbocycles. The number of carbonyl (C=O) groups excluding carboxylic acids is 2. The summed E-state index contributed by atoms with van der Waals surface area (Å²) >= 11 is 0.